The van der Waals surface area contributed by atoms with Crippen LogP contribution in [-0.4, -0.2) is 47.1 Å². The molecule has 8 nitrogen and oxygen atoms in total. The molecule has 2 aliphatic heterocycles. The zero-order valence-electron chi connectivity index (χ0n) is 17.0. The van der Waals surface area contributed by atoms with Crippen LogP contribution >= 0.6 is 11.8 Å². The number of aliphatic imine (C=N–C) groups is 1. The highest BCUT2D eigenvalue weighted by Crippen LogP contribution is 2.38. The monoisotopic (exact) mass is 458 g/mol. The number of guanidine groups is 1. The fourth-order valence-electron chi connectivity index (χ4n) is 3.78. The fourth-order valence-corrected chi connectivity index (χ4v) is 4.44. The van der Waals surface area contributed by atoms with Gasteiger partial charge in [-0.1, -0.05) is 18.2 Å². The molecule has 0 amide bonds. The lowest BCUT2D eigenvalue weighted by Crippen LogP contribution is -2.64. The number of benzene rings is 1. The Bertz CT molecular complexity index is 870. The van der Waals surface area contributed by atoms with Crippen molar-refractivity contribution in [1.29, 1.82) is 0 Å². The third-order valence-electron chi connectivity index (χ3n) is 5.40. The van der Waals surface area contributed by atoms with Crippen molar-refractivity contribution in [1.82, 2.24) is 15.5 Å². The molecule has 31 heavy (non-hydrogen) atoms. The first kappa shape index (κ1) is 23.4. The van der Waals surface area contributed by atoms with Gasteiger partial charge in [-0.05, 0) is 68.7 Å². The zero-order chi connectivity index (χ0) is 22.6. The summed E-state index contributed by atoms with van der Waals surface area (Å²) in [4.78, 5) is 17.6. The smallest absolute Gasteiger partial charge is 0.329 e. The number of likely N-dealkylation sites (tertiary alicyclic amines) is 1. The second-order valence-electron chi connectivity index (χ2n) is 7.80. The van der Waals surface area contributed by atoms with Crippen LogP contribution < -0.4 is 16.4 Å². The SMILES string of the molecule is CN1CCC(CC2(N)NC(=NCc3ccccc3SC(F)(F)F)NC=C2[N+](=O)[O-])CC1. The highest BCUT2D eigenvalue weighted by Gasteiger charge is 2.44. The summed E-state index contributed by atoms with van der Waals surface area (Å²) in [6.45, 7) is 1.75. The van der Waals surface area contributed by atoms with Crippen molar-refractivity contribution < 1.29 is 18.1 Å². The van der Waals surface area contributed by atoms with Gasteiger partial charge in [0, 0.05) is 4.90 Å². The van der Waals surface area contributed by atoms with Crippen molar-refractivity contribution in [2.45, 2.75) is 41.9 Å². The van der Waals surface area contributed by atoms with Crippen molar-refractivity contribution in [3.63, 3.8) is 0 Å². The Morgan fingerprint density at radius 1 is 1.35 bits per heavy atom. The molecule has 1 aromatic rings. The van der Waals surface area contributed by atoms with Crippen molar-refractivity contribution >= 4 is 17.7 Å². The Morgan fingerprint density at radius 3 is 2.68 bits per heavy atom. The molecular weight excluding hydrogens is 433 g/mol. The Balaban J connectivity index is 1.76. The molecule has 0 bridgehead atoms. The Hall–Kier alpha value is -2.31. The number of nitro groups is 1. The summed E-state index contributed by atoms with van der Waals surface area (Å²) >= 11 is -0.198. The maximum absolute atomic E-state index is 12.8. The van der Waals surface area contributed by atoms with Gasteiger partial charge in [-0.25, -0.2) is 4.99 Å². The number of thioether (sulfide) groups is 1. The summed E-state index contributed by atoms with van der Waals surface area (Å²) in [7, 11) is 2.03. The summed E-state index contributed by atoms with van der Waals surface area (Å²) < 4.78 is 38.4. The first-order valence-electron chi connectivity index (χ1n) is 9.81. The number of halogens is 3. The van der Waals surface area contributed by atoms with Gasteiger partial charge in [0.2, 0.25) is 0 Å². The van der Waals surface area contributed by atoms with Crippen LogP contribution in [0, 0.1) is 16.0 Å². The predicted octanol–water partition coefficient (Wildman–Crippen LogP) is 2.85. The van der Waals surface area contributed by atoms with Gasteiger partial charge in [-0.15, -0.1) is 0 Å². The summed E-state index contributed by atoms with van der Waals surface area (Å²) in [6, 6.07) is 6.11. The van der Waals surface area contributed by atoms with E-state index in [9.17, 15) is 23.3 Å². The summed E-state index contributed by atoms with van der Waals surface area (Å²) in [5, 5.41) is 17.2. The van der Waals surface area contributed by atoms with Gasteiger partial charge in [-0.3, -0.25) is 15.8 Å². The van der Waals surface area contributed by atoms with Crippen LogP contribution in [-0.2, 0) is 6.54 Å². The van der Waals surface area contributed by atoms with Crippen molar-refractivity contribution in [2.24, 2.45) is 16.6 Å². The highest BCUT2D eigenvalue weighted by molar-refractivity contribution is 8.00. The van der Waals surface area contributed by atoms with Crippen molar-refractivity contribution in [3.05, 3.63) is 51.8 Å². The maximum Gasteiger partial charge on any atom is 0.446 e. The van der Waals surface area contributed by atoms with E-state index in [1.54, 1.807) is 12.1 Å². The number of nitrogens with one attached hydrogen (secondary N) is 2. The van der Waals surface area contributed by atoms with Gasteiger partial charge >= 0.3 is 11.2 Å². The molecule has 2 aliphatic rings. The summed E-state index contributed by atoms with van der Waals surface area (Å²) in [5.74, 6) is 0.396. The fraction of sp³-hybridized carbons (Fsp3) is 0.526. The molecule has 170 valence electrons. The van der Waals surface area contributed by atoms with E-state index in [1.165, 1.54) is 18.3 Å². The maximum atomic E-state index is 12.8. The lowest BCUT2D eigenvalue weighted by molar-refractivity contribution is -0.437. The van der Waals surface area contributed by atoms with Crippen LogP contribution in [0.15, 0.2) is 46.1 Å². The van der Waals surface area contributed by atoms with Crippen molar-refractivity contribution in [3.8, 4) is 0 Å². The zero-order valence-corrected chi connectivity index (χ0v) is 17.8. The normalized spacial score (nSPS) is 24.4. The van der Waals surface area contributed by atoms with E-state index in [1.807, 2.05) is 7.05 Å². The number of nitrogens with zero attached hydrogens (tertiary/aromatic N) is 3. The van der Waals surface area contributed by atoms with Crippen LogP contribution in [0.5, 0.6) is 0 Å². The molecule has 1 unspecified atom stereocenters. The third kappa shape index (κ3) is 6.34. The van der Waals surface area contributed by atoms with E-state index >= 15 is 0 Å². The second kappa shape index (κ2) is 9.45. The average molecular weight is 459 g/mol. The van der Waals surface area contributed by atoms with E-state index in [2.05, 4.69) is 20.5 Å². The molecular formula is C19H25F3N6O2S. The number of hydrogen-bond acceptors (Lipinski definition) is 6. The highest BCUT2D eigenvalue weighted by atomic mass is 32.2. The quantitative estimate of drug-likeness (QED) is 0.342. The van der Waals surface area contributed by atoms with E-state index in [0.29, 0.717) is 12.0 Å². The molecule has 4 N–H and O–H groups in total. The Kier molecular flexibility index (Phi) is 7.12. The van der Waals surface area contributed by atoms with Gasteiger partial charge < -0.3 is 15.5 Å². The molecule has 0 saturated carbocycles. The van der Waals surface area contributed by atoms with Gasteiger partial charge in [0.1, 0.15) is 0 Å². The minimum Gasteiger partial charge on any atom is -0.329 e. The number of rotatable bonds is 6. The molecule has 1 fully saturated rings. The minimum atomic E-state index is -4.41. The van der Waals surface area contributed by atoms with Crippen LogP contribution in [0.1, 0.15) is 24.8 Å². The third-order valence-corrected chi connectivity index (χ3v) is 6.25. The topological polar surface area (TPSA) is 109 Å². The van der Waals surface area contributed by atoms with Crippen LogP contribution in [0.4, 0.5) is 13.2 Å². The first-order chi connectivity index (χ1) is 14.6. The van der Waals surface area contributed by atoms with Gasteiger partial charge in [-0.2, -0.15) is 13.2 Å². The number of alkyl halides is 3. The van der Waals surface area contributed by atoms with E-state index in [0.717, 1.165) is 25.9 Å². The molecule has 1 atom stereocenters. The Morgan fingerprint density at radius 2 is 2.03 bits per heavy atom. The van der Waals surface area contributed by atoms with Crippen molar-refractivity contribution in [2.75, 3.05) is 20.1 Å². The standard InChI is InChI=1S/C19H25F3N6O2S/c1-27-8-6-13(7-9-27)10-18(23)16(28(29)30)12-25-17(26-18)24-11-14-4-2-3-5-15(14)31-19(20,21)22/h2-5,12-13H,6-11,23H2,1H3,(H2,24,25,26). The number of hydrogen-bond donors (Lipinski definition) is 3. The van der Waals surface area contributed by atoms with Gasteiger partial charge in [0.05, 0.1) is 17.7 Å². The van der Waals surface area contributed by atoms with Crippen LogP contribution in [0.2, 0.25) is 0 Å². The first-order valence-corrected chi connectivity index (χ1v) is 10.6. The van der Waals surface area contributed by atoms with Crippen LogP contribution in [0.3, 0.4) is 0 Å². The predicted molar refractivity (Wildman–Crippen MR) is 113 cm³/mol. The summed E-state index contributed by atoms with van der Waals surface area (Å²) in [5.41, 5.74) is 0.799. The molecule has 1 aromatic carbocycles. The number of nitrogens with two attached hydrogens (primary N) is 1. The van der Waals surface area contributed by atoms with Gasteiger partial charge in [0.25, 0.3) is 0 Å². The molecule has 0 radical (unpaired) electrons. The average Bonchev–Trinajstić information content (AvgIpc) is 2.67. The number of piperidine rings is 1. The lowest BCUT2D eigenvalue weighted by atomic mass is 9.85. The molecule has 2 heterocycles. The molecule has 0 aromatic heterocycles. The largest absolute Gasteiger partial charge is 0.446 e. The second-order valence-corrected chi connectivity index (χ2v) is 8.91. The summed E-state index contributed by atoms with van der Waals surface area (Å²) in [6.07, 6.45) is 3.32. The van der Waals surface area contributed by atoms with E-state index in [4.69, 9.17) is 5.73 Å². The molecule has 12 heteroatoms. The Labute approximate surface area is 182 Å². The lowest BCUT2D eigenvalue weighted by Gasteiger charge is -2.37. The van der Waals surface area contributed by atoms with Gasteiger partial charge in [0.15, 0.2) is 11.6 Å². The van der Waals surface area contributed by atoms with E-state index in [-0.39, 0.29) is 40.8 Å². The van der Waals surface area contributed by atoms with E-state index < -0.39 is 16.1 Å². The minimum absolute atomic E-state index is 0.0411. The molecule has 0 aliphatic carbocycles. The molecule has 1 saturated heterocycles. The van der Waals surface area contributed by atoms with Crippen LogP contribution in [0.25, 0.3) is 0 Å². The molecule has 0 spiro atoms. The molecule has 3 rings (SSSR count).